The maximum absolute atomic E-state index is 12.6. The van der Waals surface area contributed by atoms with Gasteiger partial charge in [0.1, 0.15) is 0 Å². The van der Waals surface area contributed by atoms with Crippen molar-refractivity contribution >= 4 is 5.78 Å². The van der Waals surface area contributed by atoms with Crippen LogP contribution < -0.4 is 9.47 Å². The summed E-state index contributed by atoms with van der Waals surface area (Å²) in [6.07, 6.45) is 0. The zero-order valence-electron chi connectivity index (χ0n) is 12.7. The van der Waals surface area contributed by atoms with Crippen molar-refractivity contribution in [3.8, 4) is 23.0 Å². The number of rotatable bonds is 5. The monoisotopic (exact) mass is 302 g/mol. The zero-order chi connectivity index (χ0) is 16.3. The van der Waals surface area contributed by atoms with Crippen molar-refractivity contribution in [3.05, 3.63) is 47.5 Å². The second kappa shape index (κ2) is 6.39. The van der Waals surface area contributed by atoms with Gasteiger partial charge >= 0.3 is 0 Å². The summed E-state index contributed by atoms with van der Waals surface area (Å²) in [6.45, 7) is 1.77. The Balaban J connectivity index is 2.32. The summed E-state index contributed by atoms with van der Waals surface area (Å²) in [4.78, 5) is 12.6. The van der Waals surface area contributed by atoms with Gasteiger partial charge in [0.05, 0.1) is 14.2 Å². The lowest BCUT2D eigenvalue weighted by Crippen LogP contribution is -2.10. The minimum atomic E-state index is -0.427. The maximum Gasteiger partial charge on any atom is 0.170 e. The Morgan fingerprint density at radius 2 is 1.50 bits per heavy atom. The number of phenolic OH excluding ortho intramolecular Hbond substituents is 2. The van der Waals surface area contributed by atoms with Crippen LogP contribution in [0.15, 0.2) is 36.4 Å². The lowest BCUT2D eigenvalue weighted by Gasteiger charge is -2.14. The summed E-state index contributed by atoms with van der Waals surface area (Å²) < 4.78 is 10.1. The molecule has 0 saturated carbocycles. The Morgan fingerprint density at radius 3 is 2.09 bits per heavy atom. The third-order valence-electron chi connectivity index (χ3n) is 3.56. The van der Waals surface area contributed by atoms with Crippen molar-refractivity contribution in [1.82, 2.24) is 0 Å². The van der Waals surface area contributed by atoms with Crippen LogP contribution in [0, 0.1) is 0 Å². The van der Waals surface area contributed by atoms with Crippen molar-refractivity contribution in [2.75, 3.05) is 14.2 Å². The minimum Gasteiger partial charge on any atom is -0.504 e. The molecule has 2 N–H and O–H groups in total. The highest BCUT2D eigenvalue weighted by Crippen LogP contribution is 2.32. The van der Waals surface area contributed by atoms with Crippen LogP contribution in [-0.4, -0.2) is 30.2 Å². The van der Waals surface area contributed by atoms with E-state index in [1.54, 1.807) is 25.1 Å². The van der Waals surface area contributed by atoms with Gasteiger partial charge in [-0.15, -0.1) is 0 Å². The normalized spacial score (nSPS) is 11.8. The van der Waals surface area contributed by atoms with Gasteiger partial charge in [0.25, 0.3) is 0 Å². The average Bonchev–Trinajstić information content (AvgIpc) is 2.54. The molecule has 22 heavy (non-hydrogen) atoms. The molecule has 2 aromatic carbocycles. The van der Waals surface area contributed by atoms with E-state index in [0.717, 1.165) is 5.56 Å². The van der Waals surface area contributed by atoms with Crippen LogP contribution in [0.5, 0.6) is 23.0 Å². The molecule has 0 fully saturated rings. The Kier molecular flexibility index (Phi) is 4.56. The van der Waals surface area contributed by atoms with Crippen molar-refractivity contribution in [2.45, 2.75) is 12.8 Å². The smallest absolute Gasteiger partial charge is 0.170 e. The lowest BCUT2D eigenvalue weighted by atomic mass is 9.92. The van der Waals surface area contributed by atoms with Crippen LogP contribution in [-0.2, 0) is 0 Å². The molecule has 0 aliphatic rings. The number of phenols is 2. The second-order valence-corrected chi connectivity index (χ2v) is 4.90. The van der Waals surface area contributed by atoms with Gasteiger partial charge in [-0.25, -0.2) is 0 Å². The fourth-order valence-corrected chi connectivity index (χ4v) is 2.20. The molecular weight excluding hydrogens is 284 g/mol. The van der Waals surface area contributed by atoms with Crippen LogP contribution in [0.25, 0.3) is 0 Å². The lowest BCUT2D eigenvalue weighted by molar-refractivity contribution is 0.0965. The first-order valence-electron chi connectivity index (χ1n) is 6.76. The Labute approximate surface area is 128 Å². The first kappa shape index (κ1) is 15.7. The number of methoxy groups -OCH3 is 2. The molecule has 1 atom stereocenters. The van der Waals surface area contributed by atoms with Gasteiger partial charge in [-0.05, 0) is 35.9 Å². The molecule has 5 heteroatoms. The van der Waals surface area contributed by atoms with Gasteiger partial charge in [0.2, 0.25) is 0 Å². The van der Waals surface area contributed by atoms with Crippen molar-refractivity contribution < 1.29 is 24.5 Å². The molecule has 5 nitrogen and oxygen atoms in total. The first-order chi connectivity index (χ1) is 10.5. The van der Waals surface area contributed by atoms with E-state index in [0.29, 0.717) is 11.3 Å². The maximum atomic E-state index is 12.6. The number of aromatic hydroxyl groups is 2. The number of Topliss-reactive ketones (excluding diaryl/α,β-unsaturated/α-hetero) is 1. The Hall–Kier alpha value is -2.69. The molecule has 0 aromatic heterocycles. The van der Waals surface area contributed by atoms with Crippen molar-refractivity contribution in [2.24, 2.45) is 0 Å². The summed E-state index contributed by atoms with van der Waals surface area (Å²) in [6, 6.07) is 9.29. The standard InChI is InChI=1S/C17H18O5/c1-10(11-4-6-13(18)15(8-11)21-2)17(20)12-5-7-14(19)16(9-12)22-3/h4-10,18-19H,1-3H3/t10-/m1/s1. The van der Waals surface area contributed by atoms with Crippen LogP contribution in [0.3, 0.4) is 0 Å². The third kappa shape index (κ3) is 2.98. The van der Waals surface area contributed by atoms with E-state index in [2.05, 4.69) is 0 Å². The molecule has 0 aliphatic carbocycles. The SMILES string of the molecule is COc1cc(C(=O)[C@H](C)c2ccc(O)c(OC)c2)ccc1O. The van der Waals surface area contributed by atoms with E-state index >= 15 is 0 Å². The summed E-state index contributed by atoms with van der Waals surface area (Å²) in [5.41, 5.74) is 1.17. The third-order valence-corrected chi connectivity index (χ3v) is 3.56. The summed E-state index contributed by atoms with van der Waals surface area (Å²) >= 11 is 0. The summed E-state index contributed by atoms with van der Waals surface area (Å²) in [7, 11) is 2.88. The predicted octanol–water partition coefficient (Wildman–Crippen LogP) is 3.10. The Morgan fingerprint density at radius 1 is 0.955 bits per heavy atom. The molecule has 0 aliphatic heterocycles. The van der Waals surface area contributed by atoms with Gasteiger partial charge in [-0.2, -0.15) is 0 Å². The molecule has 0 unspecified atom stereocenters. The predicted molar refractivity (Wildman–Crippen MR) is 82.1 cm³/mol. The fraction of sp³-hybridized carbons (Fsp3) is 0.235. The van der Waals surface area contributed by atoms with Gasteiger partial charge < -0.3 is 19.7 Å². The molecular formula is C17H18O5. The van der Waals surface area contributed by atoms with Crippen LogP contribution >= 0.6 is 0 Å². The van der Waals surface area contributed by atoms with E-state index in [1.807, 2.05) is 0 Å². The van der Waals surface area contributed by atoms with E-state index in [1.165, 1.54) is 32.4 Å². The highest BCUT2D eigenvalue weighted by Gasteiger charge is 2.20. The van der Waals surface area contributed by atoms with Gasteiger partial charge in [-0.1, -0.05) is 13.0 Å². The number of hydrogen-bond donors (Lipinski definition) is 2. The zero-order valence-corrected chi connectivity index (χ0v) is 12.7. The van der Waals surface area contributed by atoms with E-state index < -0.39 is 5.92 Å². The number of carbonyl (C=O) groups excluding carboxylic acids is 1. The second-order valence-electron chi connectivity index (χ2n) is 4.90. The fourth-order valence-electron chi connectivity index (χ4n) is 2.20. The highest BCUT2D eigenvalue weighted by atomic mass is 16.5. The highest BCUT2D eigenvalue weighted by molar-refractivity contribution is 6.01. The number of hydrogen-bond acceptors (Lipinski definition) is 5. The van der Waals surface area contributed by atoms with Crippen LogP contribution in [0.4, 0.5) is 0 Å². The van der Waals surface area contributed by atoms with Crippen molar-refractivity contribution in [1.29, 1.82) is 0 Å². The molecule has 2 rings (SSSR count). The largest absolute Gasteiger partial charge is 0.504 e. The molecule has 0 radical (unpaired) electrons. The Bertz CT molecular complexity index is 693. The number of ketones is 1. The van der Waals surface area contributed by atoms with Gasteiger partial charge in [0.15, 0.2) is 28.8 Å². The summed E-state index contributed by atoms with van der Waals surface area (Å²) in [5.74, 6) is 0.0340. The topological polar surface area (TPSA) is 76.0 Å². The van der Waals surface area contributed by atoms with E-state index in [-0.39, 0.29) is 23.0 Å². The molecule has 0 saturated heterocycles. The molecule has 116 valence electrons. The summed E-state index contributed by atoms with van der Waals surface area (Å²) in [5, 5.41) is 19.2. The van der Waals surface area contributed by atoms with Crippen LogP contribution in [0.1, 0.15) is 28.8 Å². The molecule has 2 aromatic rings. The molecule has 0 amide bonds. The minimum absolute atomic E-state index is 0.0157. The van der Waals surface area contributed by atoms with Crippen molar-refractivity contribution in [3.63, 3.8) is 0 Å². The van der Waals surface area contributed by atoms with Gasteiger partial charge in [-0.3, -0.25) is 4.79 Å². The van der Waals surface area contributed by atoms with Crippen LogP contribution in [0.2, 0.25) is 0 Å². The number of benzene rings is 2. The quantitative estimate of drug-likeness (QED) is 0.830. The van der Waals surface area contributed by atoms with E-state index in [9.17, 15) is 15.0 Å². The number of ether oxygens (including phenoxy) is 2. The molecule has 0 spiro atoms. The molecule has 0 heterocycles. The number of carbonyl (C=O) groups is 1. The first-order valence-corrected chi connectivity index (χ1v) is 6.76. The van der Waals surface area contributed by atoms with Gasteiger partial charge in [0, 0.05) is 11.5 Å². The molecule has 0 bridgehead atoms. The van der Waals surface area contributed by atoms with E-state index in [4.69, 9.17) is 9.47 Å². The average molecular weight is 302 g/mol.